The highest BCUT2D eigenvalue weighted by Gasteiger charge is 2.57. The van der Waals surface area contributed by atoms with Crippen LogP contribution in [0.25, 0.3) is 0 Å². The standard InChI is InChI=1S/C23H17Cl2F3N2O2/c1-14-22(32,15-3-2-4-16(13-15)23(26,27)28)30(20-11-7-18(25)8-12-20)21(31)29(14)19-9-5-17(24)6-10-19/h2-14,32H,1H3/t14-,22?/m1/s1. The molecule has 2 atom stereocenters. The van der Waals surface area contributed by atoms with E-state index in [2.05, 4.69) is 0 Å². The lowest BCUT2D eigenvalue weighted by molar-refractivity contribution is -0.137. The molecule has 1 unspecified atom stereocenters. The average molecular weight is 481 g/mol. The highest BCUT2D eigenvalue weighted by molar-refractivity contribution is 6.31. The van der Waals surface area contributed by atoms with Crippen molar-refractivity contribution in [1.29, 1.82) is 0 Å². The van der Waals surface area contributed by atoms with Crippen LogP contribution in [-0.4, -0.2) is 17.2 Å². The van der Waals surface area contributed by atoms with Gasteiger partial charge in [-0.25, -0.2) is 4.79 Å². The number of hydrogen-bond donors (Lipinski definition) is 1. The fraction of sp³-hybridized carbons (Fsp3) is 0.174. The van der Waals surface area contributed by atoms with E-state index in [0.717, 1.165) is 17.0 Å². The topological polar surface area (TPSA) is 43.8 Å². The summed E-state index contributed by atoms with van der Waals surface area (Å²) in [5.41, 5.74) is -2.38. The normalized spacial score (nSPS) is 21.3. The molecule has 9 heteroatoms. The molecule has 0 bridgehead atoms. The highest BCUT2D eigenvalue weighted by Crippen LogP contribution is 2.45. The fourth-order valence-corrected chi connectivity index (χ4v) is 4.17. The summed E-state index contributed by atoms with van der Waals surface area (Å²) in [7, 11) is 0. The summed E-state index contributed by atoms with van der Waals surface area (Å²) in [6, 6.07) is 15.3. The average Bonchev–Trinajstić information content (AvgIpc) is 2.95. The van der Waals surface area contributed by atoms with Crippen LogP contribution in [-0.2, 0) is 11.9 Å². The van der Waals surface area contributed by atoms with Gasteiger partial charge in [0.15, 0.2) is 5.72 Å². The number of halogens is 5. The van der Waals surface area contributed by atoms with E-state index in [1.807, 2.05) is 0 Å². The van der Waals surface area contributed by atoms with Crippen molar-refractivity contribution < 1.29 is 23.1 Å². The molecule has 1 aliphatic rings. The van der Waals surface area contributed by atoms with E-state index >= 15 is 0 Å². The van der Waals surface area contributed by atoms with Crippen molar-refractivity contribution in [1.82, 2.24) is 0 Å². The van der Waals surface area contributed by atoms with Gasteiger partial charge in [-0.15, -0.1) is 0 Å². The largest absolute Gasteiger partial charge is 0.416 e. The quantitative estimate of drug-likeness (QED) is 0.453. The van der Waals surface area contributed by atoms with Gasteiger partial charge in [0.05, 0.1) is 11.6 Å². The van der Waals surface area contributed by atoms with Crippen LogP contribution in [0.2, 0.25) is 10.0 Å². The predicted molar refractivity (Wildman–Crippen MR) is 118 cm³/mol. The van der Waals surface area contributed by atoms with E-state index < -0.39 is 29.5 Å². The van der Waals surface area contributed by atoms with Crippen molar-refractivity contribution in [2.45, 2.75) is 24.9 Å². The summed E-state index contributed by atoms with van der Waals surface area (Å²) in [6.45, 7) is 1.57. The minimum absolute atomic E-state index is 0.0698. The first-order valence-corrected chi connectivity index (χ1v) is 10.3. The molecule has 1 N–H and O–H groups in total. The third-order valence-electron chi connectivity index (χ3n) is 5.51. The van der Waals surface area contributed by atoms with Crippen LogP contribution >= 0.6 is 23.2 Å². The van der Waals surface area contributed by atoms with Gasteiger partial charge in [-0.2, -0.15) is 13.2 Å². The van der Waals surface area contributed by atoms with Crippen LogP contribution in [0.15, 0.2) is 72.8 Å². The molecule has 166 valence electrons. The number of carbonyl (C=O) groups excluding carboxylic acids is 1. The number of hydrogen-bond acceptors (Lipinski definition) is 2. The number of urea groups is 1. The molecule has 0 radical (unpaired) electrons. The molecule has 1 fully saturated rings. The summed E-state index contributed by atoms with van der Waals surface area (Å²) in [5.74, 6) is 0. The lowest BCUT2D eigenvalue weighted by atomic mass is 9.93. The van der Waals surface area contributed by atoms with Crippen molar-refractivity contribution in [2.75, 3.05) is 9.80 Å². The Hall–Kier alpha value is -2.74. The molecular formula is C23H17Cl2F3N2O2. The van der Waals surface area contributed by atoms with E-state index in [4.69, 9.17) is 23.2 Å². The Morgan fingerprint density at radius 3 is 1.97 bits per heavy atom. The molecule has 32 heavy (non-hydrogen) atoms. The number of carbonyl (C=O) groups is 1. The number of aliphatic hydroxyl groups is 1. The van der Waals surface area contributed by atoms with Crippen LogP contribution in [0, 0.1) is 0 Å². The van der Waals surface area contributed by atoms with E-state index in [0.29, 0.717) is 15.7 Å². The van der Waals surface area contributed by atoms with Gasteiger partial charge in [-0.1, -0.05) is 35.3 Å². The Morgan fingerprint density at radius 1 is 0.906 bits per heavy atom. The van der Waals surface area contributed by atoms with Gasteiger partial charge in [-0.3, -0.25) is 9.80 Å². The molecule has 4 rings (SSSR count). The van der Waals surface area contributed by atoms with E-state index in [-0.39, 0.29) is 11.3 Å². The van der Waals surface area contributed by atoms with Crippen molar-refractivity contribution >= 4 is 40.6 Å². The second kappa shape index (κ2) is 7.99. The van der Waals surface area contributed by atoms with Crippen molar-refractivity contribution in [3.63, 3.8) is 0 Å². The van der Waals surface area contributed by atoms with Crippen LogP contribution in [0.3, 0.4) is 0 Å². The SMILES string of the molecule is C[C@H]1N(c2ccc(Cl)cc2)C(=O)N(c2ccc(Cl)cc2)C1(O)c1cccc(C(F)(F)F)c1. The first-order chi connectivity index (χ1) is 15.0. The van der Waals surface area contributed by atoms with Crippen molar-refractivity contribution in [3.05, 3.63) is 94.0 Å². The summed E-state index contributed by atoms with van der Waals surface area (Å²) in [5, 5.41) is 12.8. The number of rotatable bonds is 3. The maximum atomic E-state index is 13.6. The second-order valence-electron chi connectivity index (χ2n) is 7.42. The molecule has 3 aromatic rings. The Labute approximate surface area is 192 Å². The lowest BCUT2D eigenvalue weighted by Crippen LogP contribution is -2.48. The number of amides is 2. The number of nitrogens with zero attached hydrogens (tertiary/aromatic N) is 2. The third kappa shape index (κ3) is 3.70. The molecule has 0 saturated carbocycles. The summed E-state index contributed by atoms with van der Waals surface area (Å²) in [6.07, 6.45) is -4.61. The van der Waals surface area contributed by atoms with Crippen molar-refractivity contribution in [2.24, 2.45) is 0 Å². The molecule has 0 aromatic heterocycles. The highest BCUT2D eigenvalue weighted by atomic mass is 35.5. The van der Waals surface area contributed by atoms with Gasteiger partial charge < -0.3 is 5.11 Å². The molecule has 4 nitrogen and oxygen atoms in total. The fourth-order valence-electron chi connectivity index (χ4n) is 3.91. The lowest BCUT2D eigenvalue weighted by Gasteiger charge is -2.36. The predicted octanol–water partition coefficient (Wildman–Crippen LogP) is 6.69. The Bertz CT molecular complexity index is 1150. The van der Waals surface area contributed by atoms with Gasteiger partial charge >= 0.3 is 12.2 Å². The van der Waals surface area contributed by atoms with E-state index in [9.17, 15) is 23.1 Å². The molecule has 3 aromatic carbocycles. The third-order valence-corrected chi connectivity index (χ3v) is 6.02. The van der Waals surface area contributed by atoms with Gasteiger partial charge in [-0.05, 0) is 67.6 Å². The van der Waals surface area contributed by atoms with Crippen LogP contribution in [0.5, 0.6) is 0 Å². The minimum Gasteiger partial charge on any atom is -0.365 e. The molecule has 1 heterocycles. The Balaban J connectivity index is 1.91. The zero-order valence-electron chi connectivity index (χ0n) is 16.6. The van der Waals surface area contributed by atoms with Crippen molar-refractivity contribution in [3.8, 4) is 0 Å². The molecule has 2 amide bonds. The van der Waals surface area contributed by atoms with Crippen LogP contribution in [0.4, 0.5) is 29.3 Å². The number of anilines is 2. The first-order valence-electron chi connectivity index (χ1n) is 9.58. The summed E-state index contributed by atoms with van der Waals surface area (Å²) >= 11 is 11.9. The first kappa shape index (κ1) is 22.5. The zero-order valence-corrected chi connectivity index (χ0v) is 18.2. The van der Waals surface area contributed by atoms with Gasteiger partial charge in [0.2, 0.25) is 0 Å². The van der Waals surface area contributed by atoms with E-state index in [1.54, 1.807) is 31.2 Å². The molecule has 0 spiro atoms. The molecule has 1 aliphatic heterocycles. The second-order valence-corrected chi connectivity index (χ2v) is 8.29. The van der Waals surface area contributed by atoms with Gasteiger partial charge in [0.25, 0.3) is 0 Å². The zero-order chi connectivity index (χ0) is 23.3. The van der Waals surface area contributed by atoms with Gasteiger partial charge in [0.1, 0.15) is 0 Å². The van der Waals surface area contributed by atoms with E-state index in [1.165, 1.54) is 41.3 Å². The molecule has 1 saturated heterocycles. The maximum Gasteiger partial charge on any atom is 0.416 e. The molecular weight excluding hydrogens is 464 g/mol. The summed E-state index contributed by atoms with van der Waals surface area (Å²) < 4.78 is 40.2. The number of benzene rings is 3. The molecule has 0 aliphatic carbocycles. The monoisotopic (exact) mass is 480 g/mol. The van der Waals surface area contributed by atoms with Crippen LogP contribution in [0.1, 0.15) is 18.1 Å². The smallest absolute Gasteiger partial charge is 0.365 e. The minimum atomic E-state index is -4.61. The van der Waals surface area contributed by atoms with Crippen LogP contribution < -0.4 is 9.80 Å². The Kier molecular flexibility index (Phi) is 5.61. The Morgan fingerprint density at radius 2 is 1.44 bits per heavy atom. The maximum absolute atomic E-state index is 13.6. The number of alkyl halides is 3. The van der Waals surface area contributed by atoms with Gasteiger partial charge in [0, 0.05) is 27.0 Å². The summed E-state index contributed by atoms with van der Waals surface area (Å²) in [4.78, 5) is 16.0.